The predicted octanol–water partition coefficient (Wildman–Crippen LogP) is -0.669. The van der Waals surface area contributed by atoms with Crippen LogP contribution in [0.15, 0.2) is 23.1 Å². The van der Waals surface area contributed by atoms with Crippen molar-refractivity contribution >= 4 is 27.3 Å². The molecule has 10 heteroatoms. The van der Waals surface area contributed by atoms with E-state index in [1.165, 1.54) is 0 Å². The van der Waals surface area contributed by atoms with Gasteiger partial charge in [0.1, 0.15) is 5.69 Å². The topological polar surface area (TPSA) is 158 Å². The molecule has 0 heterocycles. The number of anilines is 1. The fraction of sp³-hybridized carbons (Fsp3) is 0.222. The van der Waals surface area contributed by atoms with Crippen LogP contribution in [-0.2, 0) is 14.8 Å². The summed E-state index contributed by atoms with van der Waals surface area (Å²) in [4.78, 5) is 20.1. The van der Waals surface area contributed by atoms with Crippen molar-refractivity contribution < 1.29 is 18.1 Å². The number of sulfonamides is 1. The quantitative estimate of drug-likeness (QED) is 0.357. The Labute approximate surface area is 108 Å². The number of benzene rings is 1. The average molecular weight is 288 g/mol. The maximum atomic E-state index is 11.8. The third kappa shape index (κ3) is 3.89. The van der Waals surface area contributed by atoms with Gasteiger partial charge in [0.25, 0.3) is 5.69 Å². The summed E-state index contributed by atoms with van der Waals surface area (Å²) >= 11 is 0. The van der Waals surface area contributed by atoms with Gasteiger partial charge in [-0.3, -0.25) is 14.9 Å². The average Bonchev–Trinajstić information content (AvgIpc) is 2.27. The lowest BCUT2D eigenvalue weighted by Gasteiger charge is -2.06. The zero-order valence-electron chi connectivity index (χ0n) is 9.70. The fourth-order valence-corrected chi connectivity index (χ4v) is 2.32. The van der Waals surface area contributed by atoms with Gasteiger partial charge in [0.2, 0.25) is 15.9 Å². The predicted molar refractivity (Wildman–Crippen MR) is 66.5 cm³/mol. The molecular weight excluding hydrogens is 276 g/mol. The molecule has 0 saturated heterocycles. The summed E-state index contributed by atoms with van der Waals surface area (Å²) in [5.41, 5.74) is 9.62. The molecule has 0 aliphatic carbocycles. The maximum Gasteiger partial charge on any atom is 0.292 e. The fourth-order valence-electron chi connectivity index (χ4n) is 1.26. The summed E-state index contributed by atoms with van der Waals surface area (Å²) in [6.07, 6.45) is -0.151. The molecule has 0 fully saturated rings. The van der Waals surface area contributed by atoms with Gasteiger partial charge in [0, 0.05) is 19.0 Å². The standard InChI is InChI=1S/C9H12N4O5S/c10-7-5-6(1-2-8(7)13(15)16)19(17,18)12-4-3-9(11)14/h1-2,5,12H,3-4,10H2,(H2,11,14). The number of rotatable bonds is 6. The molecule has 0 aliphatic rings. The number of nitrogens with one attached hydrogen (secondary N) is 1. The molecule has 0 aromatic heterocycles. The normalized spacial score (nSPS) is 11.2. The van der Waals surface area contributed by atoms with Gasteiger partial charge in [-0.1, -0.05) is 0 Å². The Bertz CT molecular complexity index is 613. The number of amides is 1. The molecule has 0 spiro atoms. The third-order valence-corrected chi connectivity index (χ3v) is 3.63. The summed E-state index contributed by atoms with van der Waals surface area (Å²) < 4.78 is 25.6. The number of hydrogen-bond donors (Lipinski definition) is 3. The van der Waals surface area contributed by atoms with Gasteiger partial charge in [-0.15, -0.1) is 0 Å². The number of carbonyl (C=O) groups is 1. The molecule has 1 amide bonds. The Hall–Kier alpha value is -2.20. The summed E-state index contributed by atoms with van der Waals surface area (Å²) in [6.45, 7) is -0.158. The van der Waals surface area contributed by atoms with E-state index in [1.807, 2.05) is 0 Å². The van der Waals surface area contributed by atoms with Crippen LogP contribution in [0.2, 0.25) is 0 Å². The molecule has 0 bridgehead atoms. The van der Waals surface area contributed by atoms with Crippen LogP contribution >= 0.6 is 0 Å². The van der Waals surface area contributed by atoms with Crippen LogP contribution in [0.1, 0.15) is 6.42 Å². The summed E-state index contributed by atoms with van der Waals surface area (Å²) in [6, 6.07) is 3.03. The van der Waals surface area contributed by atoms with Gasteiger partial charge in [-0.25, -0.2) is 13.1 Å². The minimum atomic E-state index is -3.88. The largest absolute Gasteiger partial charge is 0.393 e. The highest BCUT2D eigenvalue weighted by Crippen LogP contribution is 2.24. The number of nitro groups is 1. The van der Waals surface area contributed by atoms with E-state index in [9.17, 15) is 23.3 Å². The molecule has 0 atom stereocenters. The smallest absolute Gasteiger partial charge is 0.292 e. The lowest BCUT2D eigenvalue weighted by atomic mass is 10.3. The van der Waals surface area contributed by atoms with E-state index in [0.717, 1.165) is 18.2 Å². The molecule has 1 aromatic rings. The second-order valence-corrected chi connectivity index (χ2v) is 5.36. The van der Waals surface area contributed by atoms with Crippen LogP contribution in [-0.4, -0.2) is 25.8 Å². The Morgan fingerprint density at radius 1 is 1.42 bits per heavy atom. The molecule has 0 unspecified atom stereocenters. The van der Waals surface area contributed by atoms with Crippen LogP contribution in [0, 0.1) is 10.1 Å². The first kappa shape index (κ1) is 14.9. The molecule has 1 aromatic carbocycles. The first-order valence-electron chi connectivity index (χ1n) is 5.06. The Morgan fingerprint density at radius 2 is 2.05 bits per heavy atom. The minimum Gasteiger partial charge on any atom is -0.393 e. The molecule has 0 aliphatic heterocycles. The lowest BCUT2D eigenvalue weighted by molar-refractivity contribution is -0.383. The van der Waals surface area contributed by atoms with Gasteiger partial charge in [0.05, 0.1) is 9.82 Å². The summed E-state index contributed by atoms with van der Waals surface area (Å²) in [5.74, 6) is -0.647. The summed E-state index contributed by atoms with van der Waals surface area (Å²) in [5, 5.41) is 10.5. The Kier molecular flexibility index (Phi) is 4.40. The minimum absolute atomic E-state index is 0.151. The molecule has 9 nitrogen and oxygen atoms in total. The highest BCUT2D eigenvalue weighted by molar-refractivity contribution is 7.89. The maximum absolute atomic E-state index is 11.8. The second kappa shape index (κ2) is 5.63. The molecule has 0 radical (unpaired) electrons. The zero-order valence-corrected chi connectivity index (χ0v) is 10.5. The van der Waals surface area contributed by atoms with Crippen molar-refractivity contribution in [3.63, 3.8) is 0 Å². The van der Waals surface area contributed by atoms with Crippen LogP contribution in [0.5, 0.6) is 0 Å². The lowest BCUT2D eigenvalue weighted by Crippen LogP contribution is -2.28. The number of hydrogen-bond acceptors (Lipinski definition) is 6. The van der Waals surface area contributed by atoms with Crippen molar-refractivity contribution in [2.45, 2.75) is 11.3 Å². The van der Waals surface area contributed by atoms with Crippen LogP contribution < -0.4 is 16.2 Å². The summed E-state index contributed by atoms with van der Waals surface area (Å²) in [7, 11) is -3.88. The van der Waals surface area contributed by atoms with Gasteiger partial charge in [-0.2, -0.15) is 0 Å². The molecule has 5 N–H and O–H groups in total. The van der Waals surface area contributed by atoms with Crippen molar-refractivity contribution in [3.8, 4) is 0 Å². The van der Waals surface area contributed by atoms with Crippen LogP contribution in [0.25, 0.3) is 0 Å². The Morgan fingerprint density at radius 3 is 2.53 bits per heavy atom. The first-order valence-corrected chi connectivity index (χ1v) is 6.54. The SMILES string of the molecule is NC(=O)CCNS(=O)(=O)c1ccc([N+](=O)[O-])c(N)c1. The van der Waals surface area contributed by atoms with E-state index in [-0.39, 0.29) is 29.2 Å². The third-order valence-electron chi connectivity index (χ3n) is 2.17. The van der Waals surface area contributed by atoms with E-state index in [0.29, 0.717) is 0 Å². The van der Waals surface area contributed by atoms with Crippen LogP contribution in [0.4, 0.5) is 11.4 Å². The van der Waals surface area contributed by atoms with E-state index in [2.05, 4.69) is 4.72 Å². The van der Waals surface area contributed by atoms with E-state index in [1.54, 1.807) is 0 Å². The number of nitrogens with two attached hydrogens (primary N) is 2. The van der Waals surface area contributed by atoms with Crippen molar-refractivity contribution in [2.75, 3.05) is 12.3 Å². The Balaban J connectivity index is 2.93. The van der Waals surface area contributed by atoms with Crippen molar-refractivity contribution in [1.82, 2.24) is 4.72 Å². The first-order chi connectivity index (χ1) is 8.74. The number of primary amides is 1. The molecule has 1 rings (SSSR count). The second-order valence-electron chi connectivity index (χ2n) is 3.59. The highest BCUT2D eigenvalue weighted by atomic mass is 32.2. The molecule has 19 heavy (non-hydrogen) atoms. The van der Waals surface area contributed by atoms with Crippen molar-refractivity contribution in [3.05, 3.63) is 28.3 Å². The highest BCUT2D eigenvalue weighted by Gasteiger charge is 2.18. The number of carbonyl (C=O) groups excluding carboxylic acids is 1. The van der Waals surface area contributed by atoms with Gasteiger partial charge in [0.15, 0.2) is 0 Å². The monoisotopic (exact) mass is 288 g/mol. The molecule has 0 saturated carbocycles. The van der Waals surface area contributed by atoms with Crippen LogP contribution in [0.3, 0.4) is 0 Å². The van der Waals surface area contributed by atoms with Crippen molar-refractivity contribution in [2.24, 2.45) is 5.73 Å². The van der Waals surface area contributed by atoms with E-state index >= 15 is 0 Å². The van der Waals surface area contributed by atoms with E-state index in [4.69, 9.17) is 11.5 Å². The van der Waals surface area contributed by atoms with Gasteiger partial charge in [-0.05, 0) is 12.1 Å². The van der Waals surface area contributed by atoms with E-state index < -0.39 is 20.9 Å². The zero-order chi connectivity index (χ0) is 14.6. The number of nitrogens with zero attached hydrogens (tertiary/aromatic N) is 1. The van der Waals surface area contributed by atoms with Gasteiger partial charge < -0.3 is 11.5 Å². The van der Waals surface area contributed by atoms with Gasteiger partial charge >= 0.3 is 0 Å². The number of nitrogen functional groups attached to an aromatic ring is 1. The number of nitro benzene ring substituents is 1. The molecular formula is C9H12N4O5S. The molecule has 104 valence electrons. The van der Waals surface area contributed by atoms with Crippen molar-refractivity contribution in [1.29, 1.82) is 0 Å².